The highest BCUT2D eigenvalue weighted by Crippen LogP contribution is 2.21. The summed E-state index contributed by atoms with van der Waals surface area (Å²) in [7, 11) is 1.98. The minimum Gasteiger partial charge on any atom is -0.443 e. The molecule has 0 spiro atoms. The van der Waals surface area contributed by atoms with Gasteiger partial charge in [0, 0.05) is 11.8 Å². The first-order valence-electron chi connectivity index (χ1n) is 4.84. The second-order valence-electron chi connectivity index (χ2n) is 3.38. The van der Waals surface area contributed by atoms with Gasteiger partial charge in [0.15, 0.2) is 12.0 Å². The van der Waals surface area contributed by atoms with Gasteiger partial charge in [0.1, 0.15) is 5.52 Å². The van der Waals surface area contributed by atoms with E-state index in [1.165, 1.54) is 12.0 Å². The lowest BCUT2D eigenvalue weighted by molar-refractivity contribution is 0.599. The third-order valence-corrected chi connectivity index (χ3v) is 3.11. The zero-order valence-electron chi connectivity index (χ0n) is 8.86. The molecular formula is C11H14N2OS. The van der Waals surface area contributed by atoms with Crippen molar-refractivity contribution in [3.8, 4) is 0 Å². The van der Waals surface area contributed by atoms with Crippen molar-refractivity contribution in [1.29, 1.82) is 0 Å². The monoisotopic (exact) mass is 222 g/mol. The van der Waals surface area contributed by atoms with Crippen LogP contribution in [0.15, 0.2) is 29.0 Å². The predicted molar refractivity (Wildman–Crippen MR) is 64.2 cm³/mol. The minimum absolute atomic E-state index is 0.370. The van der Waals surface area contributed by atoms with E-state index in [-0.39, 0.29) is 0 Å². The Kier molecular flexibility index (Phi) is 3.28. The molecule has 0 aliphatic rings. The Morgan fingerprint density at radius 3 is 3.13 bits per heavy atom. The number of hydrogen-bond acceptors (Lipinski definition) is 4. The Labute approximate surface area is 93.3 Å². The Bertz CT molecular complexity index is 441. The molecule has 0 bridgehead atoms. The highest BCUT2D eigenvalue weighted by Gasteiger charge is 2.09. The van der Waals surface area contributed by atoms with Gasteiger partial charge >= 0.3 is 0 Å². The second-order valence-corrected chi connectivity index (χ2v) is 4.29. The normalized spacial score (nSPS) is 13.2. The van der Waals surface area contributed by atoms with Crippen molar-refractivity contribution in [3.63, 3.8) is 0 Å². The van der Waals surface area contributed by atoms with Gasteiger partial charge in [-0.1, -0.05) is 6.07 Å². The number of aromatic nitrogens is 1. The average molecular weight is 222 g/mol. The molecule has 2 rings (SSSR count). The van der Waals surface area contributed by atoms with Gasteiger partial charge in [-0.05, 0) is 31.0 Å². The standard InChI is InChI=1S/C11H14N2OS/c1-12-10(6-15-2)8-3-4-9-11(5-8)14-7-13-9/h3-5,7,10,12H,6H2,1-2H3. The molecule has 80 valence electrons. The van der Waals surface area contributed by atoms with E-state index in [1.54, 1.807) is 0 Å². The number of rotatable bonds is 4. The first-order chi connectivity index (χ1) is 7.35. The summed E-state index contributed by atoms with van der Waals surface area (Å²) < 4.78 is 5.29. The molecule has 0 saturated heterocycles. The van der Waals surface area contributed by atoms with Crippen molar-refractivity contribution in [1.82, 2.24) is 10.3 Å². The van der Waals surface area contributed by atoms with Crippen LogP contribution in [0.25, 0.3) is 11.1 Å². The molecule has 15 heavy (non-hydrogen) atoms. The largest absolute Gasteiger partial charge is 0.443 e. The van der Waals surface area contributed by atoms with Crippen LogP contribution >= 0.6 is 11.8 Å². The SMILES string of the molecule is CNC(CSC)c1ccc2ncoc2c1. The predicted octanol–water partition coefficient (Wildman–Crippen LogP) is 2.45. The molecule has 0 fully saturated rings. The molecule has 2 aromatic rings. The van der Waals surface area contributed by atoms with Crippen LogP contribution in [0, 0.1) is 0 Å². The van der Waals surface area contributed by atoms with Crippen molar-refractivity contribution in [2.45, 2.75) is 6.04 Å². The fraction of sp³-hybridized carbons (Fsp3) is 0.364. The molecular weight excluding hydrogens is 208 g/mol. The first-order valence-corrected chi connectivity index (χ1v) is 6.24. The number of thioether (sulfide) groups is 1. The third kappa shape index (κ3) is 2.16. The second kappa shape index (κ2) is 4.68. The zero-order chi connectivity index (χ0) is 10.7. The van der Waals surface area contributed by atoms with E-state index in [2.05, 4.69) is 28.7 Å². The van der Waals surface area contributed by atoms with Crippen LogP contribution in [0.1, 0.15) is 11.6 Å². The quantitative estimate of drug-likeness (QED) is 0.862. The van der Waals surface area contributed by atoms with E-state index in [0.717, 1.165) is 16.9 Å². The van der Waals surface area contributed by atoms with Gasteiger partial charge in [-0.2, -0.15) is 11.8 Å². The van der Waals surface area contributed by atoms with Crippen molar-refractivity contribution in [3.05, 3.63) is 30.2 Å². The highest BCUT2D eigenvalue weighted by molar-refractivity contribution is 7.98. The molecule has 0 saturated carbocycles. The molecule has 4 heteroatoms. The van der Waals surface area contributed by atoms with E-state index in [0.29, 0.717) is 6.04 Å². The summed E-state index contributed by atoms with van der Waals surface area (Å²) in [4.78, 5) is 4.10. The van der Waals surface area contributed by atoms with E-state index in [4.69, 9.17) is 4.42 Å². The Balaban J connectivity index is 2.33. The van der Waals surface area contributed by atoms with Crippen molar-refractivity contribution >= 4 is 22.9 Å². The van der Waals surface area contributed by atoms with Crippen molar-refractivity contribution < 1.29 is 4.42 Å². The maximum Gasteiger partial charge on any atom is 0.181 e. The smallest absolute Gasteiger partial charge is 0.181 e. The minimum atomic E-state index is 0.370. The highest BCUT2D eigenvalue weighted by atomic mass is 32.2. The summed E-state index contributed by atoms with van der Waals surface area (Å²) in [5.74, 6) is 1.05. The number of nitrogens with zero attached hydrogens (tertiary/aromatic N) is 1. The van der Waals surface area contributed by atoms with Crippen LogP contribution in [0.5, 0.6) is 0 Å². The van der Waals surface area contributed by atoms with E-state index in [1.807, 2.05) is 24.9 Å². The summed E-state index contributed by atoms with van der Waals surface area (Å²) in [6.45, 7) is 0. The number of benzene rings is 1. The van der Waals surface area contributed by atoms with Crippen LogP contribution in [-0.4, -0.2) is 24.0 Å². The molecule has 0 amide bonds. The summed E-state index contributed by atoms with van der Waals surface area (Å²) in [6, 6.07) is 6.52. The van der Waals surface area contributed by atoms with Gasteiger partial charge in [0.25, 0.3) is 0 Å². The maximum absolute atomic E-state index is 5.29. The lowest BCUT2D eigenvalue weighted by atomic mass is 10.1. The summed E-state index contributed by atoms with van der Waals surface area (Å²) in [6.07, 6.45) is 3.59. The van der Waals surface area contributed by atoms with E-state index < -0.39 is 0 Å². The molecule has 1 N–H and O–H groups in total. The van der Waals surface area contributed by atoms with E-state index in [9.17, 15) is 0 Å². The first kappa shape index (κ1) is 10.5. The average Bonchev–Trinajstić information content (AvgIpc) is 2.72. The van der Waals surface area contributed by atoms with E-state index >= 15 is 0 Å². The fourth-order valence-electron chi connectivity index (χ4n) is 1.60. The molecule has 0 radical (unpaired) electrons. The summed E-state index contributed by atoms with van der Waals surface area (Å²) in [5, 5.41) is 3.29. The number of nitrogens with one attached hydrogen (secondary N) is 1. The molecule has 3 nitrogen and oxygen atoms in total. The topological polar surface area (TPSA) is 38.1 Å². The van der Waals surface area contributed by atoms with Gasteiger partial charge in [-0.15, -0.1) is 0 Å². The summed E-state index contributed by atoms with van der Waals surface area (Å²) in [5.41, 5.74) is 3.02. The lowest BCUT2D eigenvalue weighted by Crippen LogP contribution is -2.18. The molecule has 0 aliphatic carbocycles. The Hall–Kier alpha value is -1.00. The van der Waals surface area contributed by atoms with Crippen LogP contribution in [0.3, 0.4) is 0 Å². The van der Waals surface area contributed by atoms with Gasteiger partial charge < -0.3 is 9.73 Å². The van der Waals surface area contributed by atoms with Gasteiger partial charge in [-0.25, -0.2) is 4.98 Å². The van der Waals surface area contributed by atoms with Crippen molar-refractivity contribution in [2.75, 3.05) is 19.1 Å². The zero-order valence-corrected chi connectivity index (χ0v) is 9.67. The molecule has 1 unspecified atom stereocenters. The van der Waals surface area contributed by atoms with Crippen LogP contribution in [-0.2, 0) is 0 Å². The maximum atomic E-state index is 5.29. The molecule has 1 aromatic carbocycles. The Morgan fingerprint density at radius 2 is 2.40 bits per heavy atom. The van der Waals surface area contributed by atoms with Crippen molar-refractivity contribution in [2.24, 2.45) is 0 Å². The number of oxazole rings is 1. The molecule has 1 aromatic heterocycles. The molecule has 1 heterocycles. The lowest BCUT2D eigenvalue weighted by Gasteiger charge is -2.14. The number of hydrogen-bond donors (Lipinski definition) is 1. The van der Waals surface area contributed by atoms with Gasteiger partial charge in [-0.3, -0.25) is 0 Å². The van der Waals surface area contributed by atoms with Gasteiger partial charge in [0.2, 0.25) is 0 Å². The fourth-order valence-corrected chi connectivity index (χ4v) is 2.29. The van der Waals surface area contributed by atoms with Crippen LogP contribution < -0.4 is 5.32 Å². The van der Waals surface area contributed by atoms with Crippen LogP contribution in [0.4, 0.5) is 0 Å². The number of fused-ring (bicyclic) bond motifs is 1. The Morgan fingerprint density at radius 1 is 1.53 bits per heavy atom. The molecule has 0 aliphatic heterocycles. The third-order valence-electron chi connectivity index (χ3n) is 2.44. The summed E-state index contributed by atoms with van der Waals surface area (Å²) >= 11 is 1.83. The van der Waals surface area contributed by atoms with Crippen LogP contribution in [0.2, 0.25) is 0 Å². The molecule has 1 atom stereocenters. The van der Waals surface area contributed by atoms with Gasteiger partial charge in [0.05, 0.1) is 0 Å².